The molecule has 1 aromatic carbocycles. The van der Waals surface area contributed by atoms with Crippen LogP contribution in [0.1, 0.15) is 5.56 Å². The molecule has 3 heterocycles. The lowest BCUT2D eigenvalue weighted by molar-refractivity contribution is 0.981. The third-order valence-electron chi connectivity index (χ3n) is 3.18. The highest BCUT2D eigenvalue weighted by Crippen LogP contribution is 2.41. The third kappa shape index (κ3) is 3.94. The number of thiazole rings is 1. The Labute approximate surface area is 159 Å². The van der Waals surface area contributed by atoms with Crippen LogP contribution in [0, 0.1) is 0 Å². The van der Waals surface area contributed by atoms with Crippen LogP contribution in [0.15, 0.2) is 58.6 Å². The van der Waals surface area contributed by atoms with E-state index in [2.05, 4.69) is 44.6 Å². The SMILES string of the molecule is c1csc(-c2ccnc(SSSCc3ccc4scnc4c3)n2)c1. The molecule has 4 aromatic rings. The Balaban J connectivity index is 1.33. The van der Waals surface area contributed by atoms with E-state index in [9.17, 15) is 0 Å². The monoisotopic (exact) mass is 405 g/mol. The molecule has 0 fully saturated rings. The maximum Gasteiger partial charge on any atom is 0.199 e. The van der Waals surface area contributed by atoms with Crippen LogP contribution in [0.5, 0.6) is 0 Å². The molecule has 0 bridgehead atoms. The number of aromatic nitrogens is 3. The lowest BCUT2D eigenvalue weighted by Crippen LogP contribution is -1.86. The summed E-state index contributed by atoms with van der Waals surface area (Å²) < 4.78 is 1.24. The van der Waals surface area contributed by atoms with Gasteiger partial charge in [-0.05, 0) is 55.8 Å². The van der Waals surface area contributed by atoms with Crippen molar-refractivity contribution in [3.8, 4) is 10.6 Å². The van der Waals surface area contributed by atoms with Gasteiger partial charge in [0.1, 0.15) is 0 Å². The van der Waals surface area contributed by atoms with E-state index in [1.807, 2.05) is 23.8 Å². The number of rotatable bonds is 6. The second-order valence-corrected chi connectivity index (χ2v) is 10.6. The van der Waals surface area contributed by atoms with Crippen LogP contribution in [0.3, 0.4) is 0 Å². The van der Waals surface area contributed by atoms with Crippen LogP contribution < -0.4 is 0 Å². The summed E-state index contributed by atoms with van der Waals surface area (Å²) in [7, 11) is 5.11. The number of hydrogen-bond acceptors (Lipinski definition) is 8. The number of hydrogen-bond donors (Lipinski definition) is 0. The van der Waals surface area contributed by atoms with Gasteiger partial charge in [0.2, 0.25) is 0 Å². The molecule has 0 atom stereocenters. The normalized spacial score (nSPS) is 11.2. The van der Waals surface area contributed by atoms with Gasteiger partial charge in [-0.25, -0.2) is 15.0 Å². The van der Waals surface area contributed by atoms with E-state index in [-0.39, 0.29) is 0 Å². The molecule has 120 valence electrons. The molecule has 4 rings (SSSR count). The van der Waals surface area contributed by atoms with Crippen molar-refractivity contribution >= 4 is 64.3 Å². The first kappa shape index (κ1) is 16.4. The van der Waals surface area contributed by atoms with E-state index < -0.39 is 0 Å². The van der Waals surface area contributed by atoms with Crippen molar-refractivity contribution in [2.24, 2.45) is 0 Å². The molecular weight excluding hydrogens is 395 g/mol. The summed E-state index contributed by atoms with van der Waals surface area (Å²) in [6.45, 7) is 0. The summed E-state index contributed by atoms with van der Waals surface area (Å²) in [4.78, 5) is 14.5. The summed E-state index contributed by atoms with van der Waals surface area (Å²) in [5, 5.41) is 2.86. The zero-order chi connectivity index (χ0) is 16.2. The Kier molecular flexibility index (Phi) is 5.39. The van der Waals surface area contributed by atoms with Gasteiger partial charge in [-0.1, -0.05) is 22.9 Å². The average molecular weight is 406 g/mol. The lowest BCUT2D eigenvalue weighted by Gasteiger charge is -2.02. The third-order valence-corrected chi connectivity index (χ3v) is 8.62. The van der Waals surface area contributed by atoms with Gasteiger partial charge in [-0.15, -0.1) is 22.7 Å². The zero-order valence-corrected chi connectivity index (χ0v) is 16.4. The molecule has 0 unspecified atom stereocenters. The van der Waals surface area contributed by atoms with Crippen LogP contribution >= 0.6 is 54.1 Å². The molecule has 0 amide bonds. The lowest BCUT2D eigenvalue weighted by atomic mass is 10.2. The summed E-state index contributed by atoms with van der Waals surface area (Å²) in [6, 6.07) is 12.6. The summed E-state index contributed by atoms with van der Waals surface area (Å²) in [6.07, 6.45) is 1.83. The maximum atomic E-state index is 4.61. The minimum atomic E-state index is 0.799. The van der Waals surface area contributed by atoms with Crippen molar-refractivity contribution in [2.45, 2.75) is 10.9 Å². The molecule has 0 aliphatic rings. The predicted octanol–water partition coefficient (Wildman–Crippen LogP) is 6.40. The number of fused-ring (bicyclic) bond motifs is 1. The molecular formula is C16H11N3S5. The molecule has 24 heavy (non-hydrogen) atoms. The van der Waals surface area contributed by atoms with Crippen molar-refractivity contribution in [2.75, 3.05) is 0 Å². The van der Waals surface area contributed by atoms with Gasteiger partial charge in [0.05, 0.1) is 26.3 Å². The zero-order valence-electron chi connectivity index (χ0n) is 12.3. The fraction of sp³-hybridized carbons (Fsp3) is 0.0625. The maximum absolute atomic E-state index is 4.61. The van der Waals surface area contributed by atoms with Gasteiger partial charge in [0.15, 0.2) is 5.16 Å². The largest absolute Gasteiger partial charge is 0.245 e. The number of thiophene rings is 1. The highest BCUT2D eigenvalue weighted by atomic mass is 33.5. The van der Waals surface area contributed by atoms with Crippen molar-refractivity contribution in [3.05, 3.63) is 59.0 Å². The van der Waals surface area contributed by atoms with Crippen LogP contribution in [0.4, 0.5) is 0 Å². The number of benzene rings is 1. The van der Waals surface area contributed by atoms with Gasteiger partial charge >= 0.3 is 0 Å². The topological polar surface area (TPSA) is 38.7 Å². The summed E-state index contributed by atoms with van der Waals surface area (Å²) in [5.74, 6) is 0.940. The fourth-order valence-electron chi connectivity index (χ4n) is 2.08. The molecule has 3 nitrogen and oxygen atoms in total. The Bertz CT molecular complexity index is 936. The van der Waals surface area contributed by atoms with Crippen molar-refractivity contribution < 1.29 is 0 Å². The van der Waals surface area contributed by atoms with Gasteiger partial charge in [0, 0.05) is 11.9 Å². The summed E-state index contributed by atoms with van der Waals surface area (Å²) >= 11 is 3.37. The Morgan fingerprint density at radius 3 is 2.96 bits per heavy atom. The Morgan fingerprint density at radius 2 is 2.04 bits per heavy atom. The minimum Gasteiger partial charge on any atom is -0.245 e. The van der Waals surface area contributed by atoms with E-state index in [0.717, 1.165) is 22.1 Å². The summed E-state index contributed by atoms with van der Waals surface area (Å²) in [5.41, 5.74) is 5.26. The molecule has 0 spiro atoms. The minimum absolute atomic E-state index is 0.799. The number of nitrogens with zero attached hydrogens (tertiary/aromatic N) is 3. The van der Waals surface area contributed by atoms with Gasteiger partial charge in [0.25, 0.3) is 0 Å². The Hall–Kier alpha value is -1.06. The molecule has 3 aromatic heterocycles. The first-order valence-corrected chi connectivity index (χ1v) is 12.4. The Morgan fingerprint density at radius 1 is 1.04 bits per heavy atom. The van der Waals surface area contributed by atoms with Crippen LogP contribution in [-0.4, -0.2) is 15.0 Å². The van der Waals surface area contributed by atoms with Crippen molar-refractivity contribution in [1.82, 2.24) is 15.0 Å². The molecule has 8 heteroatoms. The van der Waals surface area contributed by atoms with Crippen LogP contribution in [0.25, 0.3) is 20.8 Å². The second kappa shape index (κ2) is 7.88. The smallest absolute Gasteiger partial charge is 0.199 e. The van der Waals surface area contributed by atoms with Gasteiger partial charge in [-0.3, -0.25) is 0 Å². The quantitative estimate of drug-likeness (QED) is 0.210. The molecule has 0 aliphatic heterocycles. The van der Waals surface area contributed by atoms with Crippen molar-refractivity contribution in [1.29, 1.82) is 0 Å². The van der Waals surface area contributed by atoms with Crippen LogP contribution in [-0.2, 0) is 5.75 Å². The second-order valence-electron chi connectivity index (χ2n) is 4.77. The van der Waals surface area contributed by atoms with E-state index in [4.69, 9.17) is 0 Å². The van der Waals surface area contributed by atoms with Gasteiger partial charge < -0.3 is 0 Å². The molecule has 0 radical (unpaired) electrons. The highest BCUT2D eigenvalue weighted by molar-refractivity contribution is 9.09. The van der Waals surface area contributed by atoms with E-state index in [1.54, 1.807) is 54.1 Å². The van der Waals surface area contributed by atoms with E-state index >= 15 is 0 Å². The average Bonchev–Trinajstić information content (AvgIpc) is 3.30. The fourth-order valence-corrected chi connectivity index (χ4v) is 6.68. The first-order chi connectivity index (χ1) is 11.9. The highest BCUT2D eigenvalue weighted by Gasteiger charge is 2.05. The predicted molar refractivity (Wildman–Crippen MR) is 110 cm³/mol. The molecule has 0 N–H and O–H groups in total. The van der Waals surface area contributed by atoms with E-state index in [1.165, 1.54) is 15.1 Å². The van der Waals surface area contributed by atoms with E-state index in [0.29, 0.717) is 0 Å². The standard InChI is InChI=1S/C16H11N3S5/c1-2-14(20-7-1)12-5-6-17-16(19-12)23-24-22-9-11-3-4-15-13(8-11)18-10-21-15/h1-8,10H,9H2. The molecule has 0 saturated carbocycles. The molecule has 0 aliphatic carbocycles. The van der Waals surface area contributed by atoms with Gasteiger partial charge in [-0.2, -0.15) is 0 Å². The van der Waals surface area contributed by atoms with Crippen molar-refractivity contribution in [3.63, 3.8) is 0 Å². The first-order valence-electron chi connectivity index (χ1n) is 7.04. The van der Waals surface area contributed by atoms with Crippen LogP contribution in [0.2, 0.25) is 0 Å². The molecule has 0 saturated heterocycles.